The van der Waals surface area contributed by atoms with Crippen LogP contribution < -0.4 is 5.32 Å². The van der Waals surface area contributed by atoms with E-state index in [1.54, 1.807) is 7.11 Å². The molecule has 19 heavy (non-hydrogen) atoms. The third-order valence-electron chi connectivity index (χ3n) is 3.77. The molecule has 0 amide bonds. The lowest BCUT2D eigenvalue weighted by Gasteiger charge is -2.32. The van der Waals surface area contributed by atoms with Gasteiger partial charge in [-0.1, -0.05) is 0 Å². The van der Waals surface area contributed by atoms with Gasteiger partial charge in [-0.05, 0) is 51.4 Å². The van der Waals surface area contributed by atoms with Crippen LogP contribution in [0, 0.1) is 6.92 Å². The van der Waals surface area contributed by atoms with Crippen molar-refractivity contribution >= 4 is 0 Å². The number of nitrogens with one attached hydrogen (secondary N) is 1. The number of hydrogen-bond acceptors (Lipinski definition) is 4. The van der Waals surface area contributed by atoms with Crippen LogP contribution in [0.1, 0.15) is 30.8 Å². The Bertz CT molecular complexity index is 357. The second-order valence-electron chi connectivity index (χ2n) is 5.36. The van der Waals surface area contributed by atoms with E-state index < -0.39 is 0 Å². The maximum Gasteiger partial charge on any atom is 0.117 e. The van der Waals surface area contributed by atoms with E-state index in [9.17, 15) is 0 Å². The summed E-state index contributed by atoms with van der Waals surface area (Å²) in [5.74, 6) is 2.03. The normalized spacial score (nSPS) is 18.0. The minimum Gasteiger partial charge on any atom is -0.465 e. The summed E-state index contributed by atoms with van der Waals surface area (Å²) in [5, 5.41) is 3.59. The van der Waals surface area contributed by atoms with Crippen LogP contribution in [0.25, 0.3) is 0 Å². The molecule has 0 bridgehead atoms. The highest BCUT2D eigenvalue weighted by atomic mass is 16.5. The molecule has 1 aliphatic heterocycles. The number of piperidine rings is 1. The quantitative estimate of drug-likeness (QED) is 0.768. The van der Waals surface area contributed by atoms with E-state index in [1.165, 1.54) is 25.9 Å². The van der Waals surface area contributed by atoms with Gasteiger partial charge < -0.3 is 19.4 Å². The number of furan rings is 1. The molecule has 4 nitrogen and oxygen atoms in total. The number of methoxy groups -OCH3 is 1. The van der Waals surface area contributed by atoms with Crippen molar-refractivity contribution < 1.29 is 9.15 Å². The summed E-state index contributed by atoms with van der Waals surface area (Å²) in [6.07, 6.45) is 3.60. The molecular weight excluding hydrogens is 240 g/mol. The van der Waals surface area contributed by atoms with Crippen LogP contribution in [-0.4, -0.2) is 44.3 Å². The molecule has 1 aromatic heterocycles. The van der Waals surface area contributed by atoms with Gasteiger partial charge >= 0.3 is 0 Å². The molecule has 0 aromatic carbocycles. The smallest absolute Gasteiger partial charge is 0.117 e. The molecule has 0 spiro atoms. The summed E-state index contributed by atoms with van der Waals surface area (Å²) in [6, 6.07) is 4.71. The number of rotatable bonds is 7. The second-order valence-corrected chi connectivity index (χ2v) is 5.36. The number of likely N-dealkylation sites (tertiary alicyclic amines) is 1. The van der Waals surface area contributed by atoms with Crippen molar-refractivity contribution in [2.24, 2.45) is 0 Å². The van der Waals surface area contributed by atoms with E-state index in [1.807, 2.05) is 13.0 Å². The molecule has 0 aliphatic carbocycles. The molecule has 1 N–H and O–H groups in total. The summed E-state index contributed by atoms with van der Waals surface area (Å²) in [6.45, 7) is 7.26. The average Bonchev–Trinajstić information content (AvgIpc) is 2.84. The third kappa shape index (κ3) is 4.97. The fourth-order valence-corrected chi connectivity index (χ4v) is 2.62. The van der Waals surface area contributed by atoms with Gasteiger partial charge in [0.05, 0.1) is 6.54 Å². The van der Waals surface area contributed by atoms with Crippen molar-refractivity contribution in [2.75, 3.05) is 33.4 Å². The highest BCUT2D eigenvalue weighted by Crippen LogP contribution is 2.12. The van der Waals surface area contributed by atoms with Crippen molar-refractivity contribution in [1.29, 1.82) is 0 Å². The van der Waals surface area contributed by atoms with Gasteiger partial charge in [-0.15, -0.1) is 0 Å². The zero-order valence-electron chi connectivity index (χ0n) is 12.2. The van der Waals surface area contributed by atoms with Crippen LogP contribution in [0.3, 0.4) is 0 Å². The lowest BCUT2D eigenvalue weighted by Crippen LogP contribution is -2.42. The maximum atomic E-state index is 5.57. The molecule has 1 aliphatic rings. The monoisotopic (exact) mass is 266 g/mol. The van der Waals surface area contributed by atoms with E-state index in [2.05, 4.69) is 16.3 Å². The topological polar surface area (TPSA) is 37.6 Å². The molecule has 0 atom stereocenters. The summed E-state index contributed by atoms with van der Waals surface area (Å²) in [4.78, 5) is 2.54. The van der Waals surface area contributed by atoms with E-state index in [0.29, 0.717) is 6.04 Å². The Morgan fingerprint density at radius 1 is 1.37 bits per heavy atom. The maximum absolute atomic E-state index is 5.57. The summed E-state index contributed by atoms with van der Waals surface area (Å²) in [5.41, 5.74) is 0. The molecule has 108 valence electrons. The molecule has 1 aromatic rings. The van der Waals surface area contributed by atoms with E-state index >= 15 is 0 Å². The van der Waals surface area contributed by atoms with Crippen LogP contribution in [0.5, 0.6) is 0 Å². The summed E-state index contributed by atoms with van der Waals surface area (Å²) < 4.78 is 10.7. The predicted molar refractivity (Wildman–Crippen MR) is 76.2 cm³/mol. The van der Waals surface area contributed by atoms with Crippen LogP contribution in [0.15, 0.2) is 16.5 Å². The third-order valence-corrected chi connectivity index (χ3v) is 3.77. The van der Waals surface area contributed by atoms with Crippen LogP contribution in [-0.2, 0) is 11.3 Å². The SMILES string of the molecule is COCCCN1CCC(NCc2ccc(C)o2)CC1. The number of hydrogen-bond donors (Lipinski definition) is 1. The Hall–Kier alpha value is -0.840. The summed E-state index contributed by atoms with van der Waals surface area (Å²) >= 11 is 0. The standard InChI is InChI=1S/C15H26N2O2/c1-13-4-5-15(19-13)12-16-14-6-9-17(10-7-14)8-3-11-18-2/h4-5,14,16H,3,6-12H2,1-2H3. The van der Waals surface area contributed by atoms with Gasteiger partial charge in [0, 0.05) is 26.3 Å². The van der Waals surface area contributed by atoms with Crippen molar-refractivity contribution in [3.05, 3.63) is 23.7 Å². The predicted octanol–water partition coefficient (Wildman–Crippen LogP) is 2.18. The fourth-order valence-electron chi connectivity index (χ4n) is 2.62. The molecule has 0 saturated carbocycles. The Morgan fingerprint density at radius 2 is 2.16 bits per heavy atom. The van der Waals surface area contributed by atoms with E-state index in [-0.39, 0.29) is 0 Å². The van der Waals surface area contributed by atoms with Crippen LogP contribution >= 0.6 is 0 Å². The lowest BCUT2D eigenvalue weighted by atomic mass is 10.0. The van der Waals surface area contributed by atoms with Crippen molar-refractivity contribution in [1.82, 2.24) is 10.2 Å². The van der Waals surface area contributed by atoms with Crippen molar-refractivity contribution in [3.8, 4) is 0 Å². The number of ether oxygens (including phenoxy) is 1. The van der Waals surface area contributed by atoms with Gasteiger partial charge in [0.1, 0.15) is 11.5 Å². The molecule has 2 rings (SSSR count). The van der Waals surface area contributed by atoms with Gasteiger partial charge in [0.2, 0.25) is 0 Å². The molecule has 0 radical (unpaired) electrons. The zero-order chi connectivity index (χ0) is 13.5. The van der Waals surface area contributed by atoms with Crippen molar-refractivity contribution in [2.45, 2.75) is 38.8 Å². The first-order valence-electron chi connectivity index (χ1n) is 7.28. The zero-order valence-corrected chi connectivity index (χ0v) is 12.2. The molecule has 2 heterocycles. The first kappa shape index (κ1) is 14.6. The Kier molecular flexibility index (Phi) is 5.89. The molecular formula is C15H26N2O2. The molecule has 1 saturated heterocycles. The average molecular weight is 266 g/mol. The van der Waals surface area contributed by atoms with Crippen molar-refractivity contribution in [3.63, 3.8) is 0 Å². The van der Waals surface area contributed by atoms with Gasteiger partial charge in [0.15, 0.2) is 0 Å². The summed E-state index contributed by atoms with van der Waals surface area (Å²) in [7, 11) is 1.77. The van der Waals surface area contributed by atoms with E-state index in [4.69, 9.17) is 9.15 Å². The first-order valence-corrected chi connectivity index (χ1v) is 7.28. The van der Waals surface area contributed by atoms with Gasteiger partial charge in [-0.3, -0.25) is 0 Å². The van der Waals surface area contributed by atoms with Gasteiger partial charge in [-0.25, -0.2) is 0 Å². The minimum atomic E-state index is 0.629. The minimum absolute atomic E-state index is 0.629. The Balaban J connectivity index is 1.60. The highest BCUT2D eigenvalue weighted by molar-refractivity contribution is 5.05. The number of nitrogens with zero attached hydrogens (tertiary/aromatic N) is 1. The van der Waals surface area contributed by atoms with Gasteiger partial charge in [0.25, 0.3) is 0 Å². The van der Waals surface area contributed by atoms with Crippen LogP contribution in [0.2, 0.25) is 0 Å². The first-order chi connectivity index (χ1) is 9.28. The Morgan fingerprint density at radius 3 is 2.79 bits per heavy atom. The highest BCUT2D eigenvalue weighted by Gasteiger charge is 2.18. The molecule has 1 fully saturated rings. The van der Waals surface area contributed by atoms with Gasteiger partial charge in [-0.2, -0.15) is 0 Å². The Labute approximate surface area is 116 Å². The largest absolute Gasteiger partial charge is 0.465 e. The fraction of sp³-hybridized carbons (Fsp3) is 0.733. The lowest BCUT2D eigenvalue weighted by molar-refractivity contribution is 0.152. The molecule has 0 unspecified atom stereocenters. The molecule has 4 heteroatoms. The second kappa shape index (κ2) is 7.68. The number of aryl methyl sites for hydroxylation is 1. The van der Waals surface area contributed by atoms with Crippen LogP contribution in [0.4, 0.5) is 0 Å². The van der Waals surface area contributed by atoms with E-state index in [0.717, 1.165) is 37.6 Å².